The van der Waals surface area contributed by atoms with Gasteiger partial charge in [-0.2, -0.15) is 0 Å². The summed E-state index contributed by atoms with van der Waals surface area (Å²) in [4.78, 5) is 25.9. The molecule has 2 aliphatic heterocycles. The molecule has 8 nitrogen and oxygen atoms in total. The number of fused-ring (bicyclic) bond motifs is 2. The van der Waals surface area contributed by atoms with Crippen LogP contribution in [0, 0.1) is 0 Å². The summed E-state index contributed by atoms with van der Waals surface area (Å²) in [6.45, 7) is 0.132. The smallest absolute Gasteiger partial charge is 0.408 e. The van der Waals surface area contributed by atoms with Crippen LogP contribution in [0.25, 0.3) is 0 Å². The maximum Gasteiger partial charge on any atom is 0.408 e. The Bertz CT molecular complexity index is 1010. The van der Waals surface area contributed by atoms with E-state index in [1.165, 1.54) is 0 Å². The molecular weight excluding hydrogens is 402 g/mol. The Morgan fingerprint density at radius 3 is 2.65 bits per heavy atom. The molecule has 2 aromatic rings. The monoisotopic (exact) mass is 425 g/mol. The SMILES string of the molecule is COc1ccc2c(c1)O[C@@H](c1ccc3c(c1)OCO3)[C@H](OC(=O)NC1CCCC1)C2=O. The second-order valence-electron chi connectivity index (χ2n) is 7.83. The summed E-state index contributed by atoms with van der Waals surface area (Å²) in [5.41, 5.74) is 0.987. The summed E-state index contributed by atoms with van der Waals surface area (Å²) in [6, 6.07) is 10.3. The quantitative estimate of drug-likeness (QED) is 0.797. The van der Waals surface area contributed by atoms with Gasteiger partial charge in [-0.05, 0) is 37.1 Å². The normalized spacial score (nSPS) is 21.9. The highest BCUT2D eigenvalue weighted by molar-refractivity contribution is 6.04. The standard InChI is InChI=1S/C23H23NO7/c1-27-15-7-8-16-18(11-15)30-21(13-6-9-17-19(10-13)29-12-28-17)22(20(16)25)31-23(26)24-14-4-2-3-5-14/h6-11,14,21-22H,2-5,12H2,1H3,(H,24,26)/t21-,22+/m0/s1. The van der Waals surface area contributed by atoms with Crippen molar-refractivity contribution in [2.75, 3.05) is 13.9 Å². The highest BCUT2D eigenvalue weighted by Gasteiger charge is 2.42. The van der Waals surface area contributed by atoms with Crippen LogP contribution in [0.3, 0.4) is 0 Å². The number of Topliss-reactive ketones (excluding diaryl/α,β-unsaturated/α-hetero) is 1. The van der Waals surface area contributed by atoms with E-state index in [-0.39, 0.29) is 18.6 Å². The van der Waals surface area contributed by atoms with Crippen molar-refractivity contribution in [1.82, 2.24) is 5.32 Å². The first-order valence-electron chi connectivity index (χ1n) is 10.4. The van der Waals surface area contributed by atoms with Gasteiger partial charge in [-0.15, -0.1) is 0 Å². The maximum absolute atomic E-state index is 13.3. The highest BCUT2D eigenvalue weighted by atomic mass is 16.7. The molecule has 1 amide bonds. The number of amides is 1. The van der Waals surface area contributed by atoms with Crippen molar-refractivity contribution in [2.45, 2.75) is 43.9 Å². The number of rotatable bonds is 4. The lowest BCUT2D eigenvalue weighted by Gasteiger charge is -2.32. The van der Waals surface area contributed by atoms with Crippen LogP contribution >= 0.6 is 0 Å². The van der Waals surface area contributed by atoms with Gasteiger partial charge in [0.05, 0.1) is 12.7 Å². The molecule has 5 rings (SSSR count). The van der Waals surface area contributed by atoms with E-state index in [1.807, 2.05) is 0 Å². The number of carbonyl (C=O) groups excluding carboxylic acids is 2. The summed E-state index contributed by atoms with van der Waals surface area (Å²) in [5, 5.41) is 2.87. The van der Waals surface area contributed by atoms with Crippen molar-refractivity contribution in [2.24, 2.45) is 0 Å². The third-order valence-corrected chi connectivity index (χ3v) is 5.88. The minimum Gasteiger partial charge on any atom is -0.497 e. The number of alkyl carbamates (subject to hydrolysis) is 1. The molecule has 1 aliphatic carbocycles. The van der Waals surface area contributed by atoms with Crippen LogP contribution in [0.2, 0.25) is 0 Å². The molecule has 0 aromatic heterocycles. The number of ketones is 1. The molecule has 0 unspecified atom stereocenters. The molecule has 0 radical (unpaired) electrons. The Kier molecular flexibility index (Phi) is 5.05. The summed E-state index contributed by atoms with van der Waals surface area (Å²) < 4.78 is 27.9. The van der Waals surface area contributed by atoms with Crippen LogP contribution < -0.4 is 24.3 Å². The van der Waals surface area contributed by atoms with E-state index < -0.39 is 18.3 Å². The number of hydrogen-bond donors (Lipinski definition) is 1. The van der Waals surface area contributed by atoms with E-state index >= 15 is 0 Å². The van der Waals surface area contributed by atoms with Gasteiger partial charge in [0.1, 0.15) is 11.5 Å². The van der Waals surface area contributed by atoms with Gasteiger partial charge in [0, 0.05) is 17.7 Å². The average Bonchev–Trinajstić information content (AvgIpc) is 3.46. The van der Waals surface area contributed by atoms with E-state index in [0.29, 0.717) is 34.1 Å². The first-order valence-corrected chi connectivity index (χ1v) is 10.4. The van der Waals surface area contributed by atoms with Gasteiger partial charge in [-0.3, -0.25) is 4.79 Å². The highest BCUT2D eigenvalue weighted by Crippen LogP contribution is 2.41. The second kappa shape index (κ2) is 8.02. The fourth-order valence-corrected chi connectivity index (χ4v) is 4.25. The molecule has 2 heterocycles. The van der Waals surface area contributed by atoms with Crippen LogP contribution in [0.15, 0.2) is 36.4 Å². The molecule has 1 N–H and O–H groups in total. The van der Waals surface area contributed by atoms with Crippen molar-refractivity contribution >= 4 is 11.9 Å². The van der Waals surface area contributed by atoms with Crippen LogP contribution in [0.5, 0.6) is 23.0 Å². The number of ether oxygens (including phenoxy) is 5. The topological polar surface area (TPSA) is 92.3 Å². The van der Waals surface area contributed by atoms with Crippen LogP contribution in [-0.4, -0.2) is 37.9 Å². The summed E-state index contributed by atoms with van der Waals surface area (Å²) in [5.74, 6) is 1.79. The molecule has 1 saturated carbocycles. The van der Waals surface area contributed by atoms with Crippen molar-refractivity contribution in [3.05, 3.63) is 47.5 Å². The van der Waals surface area contributed by atoms with Crippen molar-refractivity contribution in [1.29, 1.82) is 0 Å². The van der Waals surface area contributed by atoms with Crippen molar-refractivity contribution in [3.63, 3.8) is 0 Å². The number of hydrogen-bond acceptors (Lipinski definition) is 7. The van der Waals surface area contributed by atoms with Crippen LogP contribution in [0.1, 0.15) is 47.7 Å². The molecule has 1 fully saturated rings. The van der Waals surface area contributed by atoms with Crippen molar-refractivity contribution < 1.29 is 33.3 Å². The molecular formula is C23H23NO7. The van der Waals surface area contributed by atoms with Gasteiger partial charge in [0.2, 0.25) is 18.7 Å². The average molecular weight is 425 g/mol. The minimum atomic E-state index is -1.14. The van der Waals surface area contributed by atoms with E-state index in [1.54, 1.807) is 43.5 Å². The third kappa shape index (κ3) is 3.73. The van der Waals surface area contributed by atoms with E-state index in [0.717, 1.165) is 25.7 Å². The van der Waals surface area contributed by atoms with Crippen molar-refractivity contribution in [3.8, 4) is 23.0 Å². The summed E-state index contributed by atoms with van der Waals surface area (Å²) >= 11 is 0. The zero-order valence-electron chi connectivity index (χ0n) is 17.1. The predicted molar refractivity (Wildman–Crippen MR) is 109 cm³/mol. The van der Waals surface area contributed by atoms with Gasteiger partial charge >= 0.3 is 6.09 Å². The number of carbonyl (C=O) groups is 2. The first-order chi connectivity index (χ1) is 15.1. The zero-order chi connectivity index (χ0) is 21.4. The molecule has 162 valence electrons. The lowest BCUT2D eigenvalue weighted by molar-refractivity contribution is 0.00817. The van der Waals surface area contributed by atoms with E-state index in [4.69, 9.17) is 23.7 Å². The van der Waals surface area contributed by atoms with Gasteiger partial charge < -0.3 is 29.0 Å². The molecule has 31 heavy (non-hydrogen) atoms. The Hall–Kier alpha value is -3.42. The fourth-order valence-electron chi connectivity index (χ4n) is 4.25. The molecule has 8 heteroatoms. The molecule has 2 atom stereocenters. The molecule has 2 aromatic carbocycles. The summed E-state index contributed by atoms with van der Waals surface area (Å²) in [6.07, 6.45) is 1.39. The second-order valence-corrected chi connectivity index (χ2v) is 7.83. The van der Waals surface area contributed by atoms with Gasteiger partial charge in [0.25, 0.3) is 0 Å². The maximum atomic E-state index is 13.3. The van der Waals surface area contributed by atoms with Gasteiger partial charge in [-0.25, -0.2) is 4.79 Å². The molecule has 0 bridgehead atoms. The molecule has 0 saturated heterocycles. The Morgan fingerprint density at radius 2 is 1.84 bits per heavy atom. The molecule has 3 aliphatic rings. The van der Waals surface area contributed by atoms with Gasteiger partial charge in [0.15, 0.2) is 17.6 Å². The summed E-state index contributed by atoms with van der Waals surface area (Å²) in [7, 11) is 1.54. The Balaban J connectivity index is 1.46. The zero-order valence-corrected chi connectivity index (χ0v) is 17.1. The molecule has 0 spiro atoms. The lowest BCUT2D eigenvalue weighted by atomic mass is 9.93. The minimum absolute atomic E-state index is 0.0765. The van der Waals surface area contributed by atoms with E-state index in [2.05, 4.69) is 5.32 Å². The first kappa shape index (κ1) is 19.5. The number of nitrogens with one attached hydrogen (secondary N) is 1. The Morgan fingerprint density at radius 1 is 1.03 bits per heavy atom. The predicted octanol–water partition coefficient (Wildman–Crippen LogP) is 3.78. The fraction of sp³-hybridized carbons (Fsp3) is 0.391. The van der Waals surface area contributed by atoms with Gasteiger partial charge in [-0.1, -0.05) is 18.9 Å². The number of benzene rings is 2. The van der Waals surface area contributed by atoms with Crippen LogP contribution in [-0.2, 0) is 4.74 Å². The lowest BCUT2D eigenvalue weighted by Crippen LogP contribution is -2.43. The third-order valence-electron chi connectivity index (χ3n) is 5.88. The Labute approximate surface area is 179 Å². The largest absolute Gasteiger partial charge is 0.497 e. The number of methoxy groups -OCH3 is 1. The van der Waals surface area contributed by atoms with Crippen LogP contribution in [0.4, 0.5) is 4.79 Å². The van der Waals surface area contributed by atoms with E-state index in [9.17, 15) is 9.59 Å².